The van der Waals surface area contributed by atoms with E-state index >= 15 is 0 Å². The summed E-state index contributed by atoms with van der Waals surface area (Å²) < 4.78 is 5.83. The minimum Gasteiger partial charge on any atom is -0.456 e. The monoisotopic (exact) mass is 212 g/mol. The van der Waals surface area contributed by atoms with Gasteiger partial charge in [-0.25, -0.2) is 0 Å². The van der Waals surface area contributed by atoms with Crippen LogP contribution in [0.25, 0.3) is 23.1 Å². The topological polar surface area (TPSA) is 13.1 Å². The minimum absolute atomic E-state index is 0.899. The maximum Gasteiger partial charge on any atom is 0.135 e. The Morgan fingerprint density at radius 2 is 2.06 bits per heavy atom. The van der Waals surface area contributed by atoms with Crippen molar-refractivity contribution in [3.63, 3.8) is 0 Å². The van der Waals surface area contributed by atoms with Crippen LogP contribution in [0.5, 0.6) is 0 Å². The number of benzene rings is 1. The third kappa shape index (κ3) is 1.81. The molecule has 0 N–H and O–H groups in total. The Bertz CT molecular complexity index is 566. The second kappa shape index (κ2) is 4.01. The summed E-state index contributed by atoms with van der Waals surface area (Å²) >= 11 is 0. The Morgan fingerprint density at radius 3 is 2.69 bits per heavy atom. The SMILES string of the molecule is C=Cc1c(C=C(C)C)oc2cc(C)ccc12. The van der Waals surface area contributed by atoms with Crippen LogP contribution < -0.4 is 0 Å². The van der Waals surface area contributed by atoms with E-state index in [4.69, 9.17) is 4.42 Å². The lowest BCUT2D eigenvalue weighted by atomic mass is 10.1. The van der Waals surface area contributed by atoms with Gasteiger partial charge in [-0.15, -0.1) is 0 Å². The molecule has 0 aliphatic rings. The summed E-state index contributed by atoms with van der Waals surface area (Å²) in [6, 6.07) is 6.25. The van der Waals surface area contributed by atoms with Gasteiger partial charge < -0.3 is 4.42 Å². The standard InChI is InChI=1S/C15H16O/c1-5-12-13-7-6-11(4)9-15(13)16-14(12)8-10(2)3/h5-9H,1H2,2-4H3. The van der Waals surface area contributed by atoms with E-state index in [0.717, 1.165) is 22.3 Å². The van der Waals surface area contributed by atoms with Crippen LogP contribution in [0.2, 0.25) is 0 Å². The summed E-state index contributed by atoms with van der Waals surface area (Å²) in [6.45, 7) is 10.0. The Balaban J connectivity index is 2.75. The molecule has 0 atom stereocenters. The minimum atomic E-state index is 0.899. The molecule has 2 rings (SSSR count). The first-order valence-corrected chi connectivity index (χ1v) is 5.42. The van der Waals surface area contributed by atoms with Gasteiger partial charge in [0, 0.05) is 10.9 Å². The lowest BCUT2D eigenvalue weighted by Crippen LogP contribution is -1.74. The van der Waals surface area contributed by atoms with E-state index in [1.807, 2.05) is 12.2 Å². The average Bonchev–Trinajstić information content (AvgIpc) is 2.52. The zero-order valence-electron chi connectivity index (χ0n) is 10.0. The number of allylic oxidation sites excluding steroid dienone is 1. The molecule has 0 spiro atoms. The largest absolute Gasteiger partial charge is 0.456 e. The molecule has 1 aromatic carbocycles. The molecule has 0 amide bonds. The van der Waals surface area contributed by atoms with Gasteiger partial charge in [-0.2, -0.15) is 0 Å². The fraction of sp³-hybridized carbons (Fsp3) is 0.200. The van der Waals surface area contributed by atoms with E-state index < -0.39 is 0 Å². The average molecular weight is 212 g/mol. The van der Waals surface area contributed by atoms with Crippen molar-refractivity contribution in [3.05, 3.63) is 47.2 Å². The first-order valence-electron chi connectivity index (χ1n) is 5.42. The van der Waals surface area contributed by atoms with Crippen LogP contribution in [0, 0.1) is 6.92 Å². The molecule has 0 aliphatic heterocycles. The molecular formula is C15H16O. The highest BCUT2D eigenvalue weighted by Crippen LogP contribution is 2.29. The highest BCUT2D eigenvalue weighted by atomic mass is 16.3. The summed E-state index contributed by atoms with van der Waals surface area (Å²) in [6.07, 6.45) is 3.91. The maximum absolute atomic E-state index is 5.83. The fourth-order valence-electron chi connectivity index (χ4n) is 1.82. The maximum atomic E-state index is 5.83. The second-order valence-corrected chi connectivity index (χ2v) is 4.31. The van der Waals surface area contributed by atoms with Gasteiger partial charge in [0.05, 0.1) is 0 Å². The fourth-order valence-corrected chi connectivity index (χ4v) is 1.82. The molecule has 1 heterocycles. The number of aryl methyl sites for hydroxylation is 1. The molecule has 0 saturated heterocycles. The van der Waals surface area contributed by atoms with Gasteiger partial charge in [0.2, 0.25) is 0 Å². The van der Waals surface area contributed by atoms with E-state index in [0.29, 0.717) is 0 Å². The van der Waals surface area contributed by atoms with E-state index in [-0.39, 0.29) is 0 Å². The summed E-state index contributed by atoms with van der Waals surface area (Å²) in [5, 5.41) is 1.13. The van der Waals surface area contributed by atoms with Crippen molar-refractivity contribution in [2.45, 2.75) is 20.8 Å². The lowest BCUT2D eigenvalue weighted by molar-refractivity contribution is 0.602. The van der Waals surface area contributed by atoms with Crippen LogP contribution in [0.15, 0.2) is 34.8 Å². The van der Waals surface area contributed by atoms with Gasteiger partial charge in [0.15, 0.2) is 0 Å². The van der Waals surface area contributed by atoms with Crippen molar-refractivity contribution in [1.82, 2.24) is 0 Å². The number of fused-ring (bicyclic) bond motifs is 1. The van der Waals surface area contributed by atoms with E-state index in [1.54, 1.807) is 0 Å². The van der Waals surface area contributed by atoms with Gasteiger partial charge in [-0.05, 0) is 38.5 Å². The summed E-state index contributed by atoms with van der Waals surface area (Å²) in [7, 11) is 0. The first kappa shape index (κ1) is 10.7. The molecular weight excluding hydrogens is 196 g/mol. The van der Waals surface area contributed by atoms with Crippen LogP contribution in [0.3, 0.4) is 0 Å². The zero-order valence-corrected chi connectivity index (χ0v) is 10.0. The molecule has 2 aromatic rings. The Hall–Kier alpha value is -1.76. The summed E-state index contributed by atoms with van der Waals surface area (Å²) in [4.78, 5) is 0. The molecule has 1 heteroatoms. The molecule has 0 radical (unpaired) electrons. The molecule has 0 aliphatic carbocycles. The third-order valence-electron chi connectivity index (χ3n) is 2.54. The van der Waals surface area contributed by atoms with E-state index in [2.05, 4.69) is 45.5 Å². The normalized spacial score (nSPS) is 10.4. The number of hydrogen-bond acceptors (Lipinski definition) is 1. The van der Waals surface area contributed by atoms with Crippen LogP contribution >= 0.6 is 0 Å². The van der Waals surface area contributed by atoms with Crippen LogP contribution in [-0.4, -0.2) is 0 Å². The van der Waals surface area contributed by atoms with Crippen molar-refractivity contribution >= 4 is 23.1 Å². The van der Waals surface area contributed by atoms with E-state index in [9.17, 15) is 0 Å². The van der Waals surface area contributed by atoms with Crippen molar-refractivity contribution < 1.29 is 4.42 Å². The Labute approximate surface area is 96.1 Å². The molecule has 0 unspecified atom stereocenters. The van der Waals surface area contributed by atoms with Crippen LogP contribution in [0.1, 0.15) is 30.7 Å². The predicted octanol–water partition coefficient (Wildman–Crippen LogP) is 4.81. The molecule has 0 bridgehead atoms. The Morgan fingerprint density at radius 1 is 1.31 bits per heavy atom. The number of rotatable bonds is 2. The second-order valence-electron chi connectivity index (χ2n) is 4.31. The molecule has 0 saturated carbocycles. The summed E-state index contributed by atoms with van der Waals surface area (Å²) in [5.74, 6) is 0.899. The van der Waals surface area contributed by atoms with Gasteiger partial charge in [-0.3, -0.25) is 0 Å². The molecule has 82 valence electrons. The van der Waals surface area contributed by atoms with Gasteiger partial charge in [0.1, 0.15) is 11.3 Å². The van der Waals surface area contributed by atoms with Crippen LogP contribution in [-0.2, 0) is 0 Å². The van der Waals surface area contributed by atoms with Crippen LogP contribution in [0.4, 0.5) is 0 Å². The predicted molar refractivity (Wildman–Crippen MR) is 70.4 cm³/mol. The number of hydrogen-bond donors (Lipinski definition) is 0. The van der Waals surface area contributed by atoms with Gasteiger partial charge >= 0.3 is 0 Å². The first-order chi connectivity index (χ1) is 7.61. The van der Waals surface area contributed by atoms with Crippen molar-refractivity contribution in [2.75, 3.05) is 0 Å². The lowest BCUT2D eigenvalue weighted by Gasteiger charge is -1.92. The molecule has 0 fully saturated rings. The van der Waals surface area contributed by atoms with Gasteiger partial charge in [0.25, 0.3) is 0 Å². The van der Waals surface area contributed by atoms with Crippen molar-refractivity contribution in [3.8, 4) is 0 Å². The van der Waals surface area contributed by atoms with E-state index in [1.165, 1.54) is 11.1 Å². The highest BCUT2D eigenvalue weighted by Gasteiger charge is 2.09. The molecule has 1 nitrogen and oxygen atoms in total. The van der Waals surface area contributed by atoms with Crippen molar-refractivity contribution in [1.29, 1.82) is 0 Å². The molecule has 16 heavy (non-hydrogen) atoms. The quantitative estimate of drug-likeness (QED) is 0.696. The zero-order chi connectivity index (χ0) is 11.7. The summed E-state index contributed by atoms with van der Waals surface area (Å²) in [5.41, 5.74) is 4.44. The smallest absolute Gasteiger partial charge is 0.135 e. The van der Waals surface area contributed by atoms with Crippen molar-refractivity contribution in [2.24, 2.45) is 0 Å². The molecule has 1 aromatic heterocycles. The van der Waals surface area contributed by atoms with Gasteiger partial charge in [-0.1, -0.05) is 30.4 Å². The highest BCUT2D eigenvalue weighted by molar-refractivity contribution is 5.91. The Kier molecular flexibility index (Phi) is 2.69. The number of furan rings is 1. The third-order valence-corrected chi connectivity index (χ3v) is 2.54.